The number of benzene rings is 2. The van der Waals surface area contributed by atoms with E-state index >= 15 is 0 Å². The standard InChI is InChI=1S/C17H16F2N2O2S/c1-21(2)16(22)10-24-15-6-4-3-5-12(15)17(23)20-14-8-7-11(18)9-13(14)19/h3-9H,10H2,1-2H3,(H,20,23). The van der Waals surface area contributed by atoms with Crippen molar-refractivity contribution in [1.29, 1.82) is 0 Å². The Hall–Kier alpha value is -2.41. The minimum atomic E-state index is -0.851. The van der Waals surface area contributed by atoms with Gasteiger partial charge in [-0.2, -0.15) is 0 Å². The number of thioether (sulfide) groups is 1. The van der Waals surface area contributed by atoms with E-state index in [0.29, 0.717) is 16.5 Å². The number of carbonyl (C=O) groups excluding carboxylic acids is 2. The molecule has 0 fully saturated rings. The van der Waals surface area contributed by atoms with Crippen LogP contribution in [0.3, 0.4) is 0 Å². The minimum absolute atomic E-state index is 0.0835. The van der Waals surface area contributed by atoms with Crippen molar-refractivity contribution < 1.29 is 18.4 Å². The molecule has 0 atom stereocenters. The lowest BCUT2D eigenvalue weighted by molar-refractivity contribution is -0.125. The van der Waals surface area contributed by atoms with E-state index in [0.717, 1.165) is 12.1 Å². The molecule has 0 spiro atoms. The van der Waals surface area contributed by atoms with Gasteiger partial charge in [-0.3, -0.25) is 9.59 Å². The summed E-state index contributed by atoms with van der Waals surface area (Å²) in [6.45, 7) is 0. The van der Waals surface area contributed by atoms with Gasteiger partial charge in [0.25, 0.3) is 5.91 Å². The van der Waals surface area contributed by atoms with Gasteiger partial charge in [-0.05, 0) is 24.3 Å². The molecule has 0 radical (unpaired) electrons. The summed E-state index contributed by atoms with van der Waals surface area (Å²) in [6.07, 6.45) is 0. The highest BCUT2D eigenvalue weighted by Gasteiger charge is 2.15. The molecule has 0 saturated heterocycles. The van der Waals surface area contributed by atoms with Crippen LogP contribution >= 0.6 is 11.8 Å². The summed E-state index contributed by atoms with van der Waals surface area (Å²) >= 11 is 1.22. The number of halogens is 2. The van der Waals surface area contributed by atoms with Crippen molar-refractivity contribution in [2.75, 3.05) is 25.2 Å². The zero-order chi connectivity index (χ0) is 17.7. The van der Waals surface area contributed by atoms with Crippen molar-refractivity contribution in [1.82, 2.24) is 4.90 Å². The zero-order valence-electron chi connectivity index (χ0n) is 13.2. The average Bonchev–Trinajstić information content (AvgIpc) is 2.55. The molecule has 2 amide bonds. The largest absolute Gasteiger partial charge is 0.348 e. The molecule has 0 aliphatic rings. The van der Waals surface area contributed by atoms with E-state index in [9.17, 15) is 18.4 Å². The van der Waals surface area contributed by atoms with Gasteiger partial charge in [-0.25, -0.2) is 8.78 Å². The molecule has 7 heteroatoms. The Labute approximate surface area is 142 Å². The smallest absolute Gasteiger partial charge is 0.256 e. The predicted octanol–water partition coefficient (Wildman–Crippen LogP) is 3.40. The van der Waals surface area contributed by atoms with Gasteiger partial charge in [0.2, 0.25) is 5.91 Å². The van der Waals surface area contributed by atoms with Crippen molar-refractivity contribution in [3.05, 3.63) is 59.7 Å². The fraction of sp³-hybridized carbons (Fsp3) is 0.176. The Kier molecular flexibility index (Phi) is 5.92. The molecule has 0 heterocycles. The average molecular weight is 350 g/mol. The summed E-state index contributed by atoms with van der Waals surface area (Å²) in [5.41, 5.74) is 0.211. The first kappa shape index (κ1) is 17.9. The number of hydrogen-bond donors (Lipinski definition) is 1. The topological polar surface area (TPSA) is 49.4 Å². The van der Waals surface area contributed by atoms with Crippen LogP contribution in [0.15, 0.2) is 47.4 Å². The second-order valence-corrected chi connectivity index (χ2v) is 6.17. The van der Waals surface area contributed by atoms with Crippen LogP contribution in [0, 0.1) is 11.6 Å². The lowest BCUT2D eigenvalue weighted by Gasteiger charge is -2.12. The van der Waals surface area contributed by atoms with Crippen LogP contribution in [-0.4, -0.2) is 36.6 Å². The summed E-state index contributed by atoms with van der Waals surface area (Å²) in [5.74, 6) is -2.00. The van der Waals surface area contributed by atoms with E-state index in [4.69, 9.17) is 0 Å². The summed E-state index contributed by atoms with van der Waals surface area (Å²) in [7, 11) is 3.30. The van der Waals surface area contributed by atoms with Crippen molar-refractivity contribution in [2.45, 2.75) is 4.90 Å². The molecular formula is C17H16F2N2O2S. The molecule has 0 aromatic heterocycles. The van der Waals surface area contributed by atoms with E-state index in [1.165, 1.54) is 16.7 Å². The van der Waals surface area contributed by atoms with Crippen LogP contribution in [0.4, 0.5) is 14.5 Å². The second-order valence-electron chi connectivity index (χ2n) is 5.15. The fourth-order valence-electron chi connectivity index (χ4n) is 1.83. The van der Waals surface area contributed by atoms with E-state index < -0.39 is 17.5 Å². The number of nitrogens with one attached hydrogen (secondary N) is 1. The Morgan fingerprint density at radius 3 is 2.50 bits per heavy atom. The third kappa shape index (κ3) is 4.55. The van der Waals surface area contributed by atoms with Gasteiger partial charge >= 0.3 is 0 Å². The lowest BCUT2D eigenvalue weighted by Crippen LogP contribution is -2.23. The Balaban J connectivity index is 2.16. The number of amides is 2. The Morgan fingerprint density at radius 1 is 1.12 bits per heavy atom. The molecule has 24 heavy (non-hydrogen) atoms. The second kappa shape index (κ2) is 7.92. The molecule has 4 nitrogen and oxygen atoms in total. The number of anilines is 1. The van der Waals surface area contributed by atoms with Crippen LogP contribution in [0.5, 0.6) is 0 Å². The van der Waals surface area contributed by atoms with E-state index in [2.05, 4.69) is 5.32 Å². The molecule has 0 bridgehead atoms. The fourth-order valence-corrected chi connectivity index (χ4v) is 2.86. The van der Waals surface area contributed by atoms with Gasteiger partial charge < -0.3 is 10.2 Å². The first-order valence-electron chi connectivity index (χ1n) is 7.07. The molecule has 0 unspecified atom stereocenters. The van der Waals surface area contributed by atoms with Gasteiger partial charge in [0, 0.05) is 25.1 Å². The molecular weight excluding hydrogens is 334 g/mol. The van der Waals surface area contributed by atoms with Crippen LogP contribution in [0.2, 0.25) is 0 Å². The summed E-state index contributed by atoms with van der Waals surface area (Å²) in [4.78, 5) is 26.1. The maximum absolute atomic E-state index is 13.7. The Morgan fingerprint density at radius 2 is 1.83 bits per heavy atom. The minimum Gasteiger partial charge on any atom is -0.348 e. The quantitative estimate of drug-likeness (QED) is 0.841. The van der Waals surface area contributed by atoms with E-state index in [1.807, 2.05) is 0 Å². The first-order chi connectivity index (χ1) is 11.4. The van der Waals surface area contributed by atoms with Gasteiger partial charge in [0.1, 0.15) is 11.6 Å². The number of nitrogens with zero attached hydrogens (tertiary/aromatic N) is 1. The molecule has 0 aliphatic heterocycles. The predicted molar refractivity (Wildman–Crippen MR) is 90.2 cm³/mol. The van der Waals surface area contributed by atoms with Crippen LogP contribution in [0.1, 0.15) is 10.4 Å². The normalized spacial score (nSPS) is 10.3. The molecule has 0 aliphatic carbocycles. The SMILES string of the molecule is CN(C)C(=O)CSc1ccccc1C(=O)Nc1ccc(F)cc1F. The molecule has 2 aromatic carbocycles. The van der Waals surface area contributed by atoms with E-state index in [-0.39, 0.29) is 17.3 Å². The number of hydrogen-bond acceptors (Lipinski definition) is 3. The van der Waals surface area contributed by atoms with E-state index in [1.54, 1.807) is 38.4 Å². The molecule has 1 N–H and O–H groups in total. The van der Waals surface area contributed by atoms with Crippen molar-refractivity contribution in [3.8, 4) is 0 Å². The van der Waals surface area contributed by atoms with Crippen LogP contribution < -0.4 is 5.32 Å². The highest BCUT2D eigenvalue weighted by atomic mass is 32.2. The van der Waals surface area contributed by atoms with Gasteiger partial charge in [0.15, 0.2) is 0 Å². The maximum atomic E-state index is 13.7. The van der Waals surface area contributed by atoms with Gasteiger partial charge in [0.05, 0.1) is 17.0 Å². The Bertz CT molecular complexity index is 766. The highest BCUT2D eigenvalue weighted by Crippen LogP contribution is 2.24. The molecule has 2 aromatic rings. The zero-order valence-corrected chi connectivity index (χ0v) is 14.0. The molecule has 2 rings (SSSR count). The van der Waals surface area contributed by atoms with Crippen molar-refractivity contribution in [3.63, 3.8) is 0 Å². The third-order valence-electron chi connectivity index (χ3n) is 3.16. The number of rotatable bonds is 5. The molecule has 0 saturated carbocycles. The molecule has 126 valence electrons. The first-order valence-corrected chi connectivity index (χ1v) is 8.05. The third-order valence-corrected chi connectivity index (χ3v) is 4.22. The van der Waals surface area contributed by atoms with Crippen LogP contribution in [-0.2, 0) is 4.79 Å². The summed E-state index contributed by atoms with van der Waals surface area (Å²) in [6, 6.07) is 9.64. The van der Waals surface area contributed by atoms with Crippen molar-refractivity contribution in [2.24, 2.45) is 0 Å². The maximum Gasteiger partial charge on any atom is 0.256 e. The van der Waals surface area contributed by atoms with Crippen molar-refractivity contribution >= 4 is 29.3 Å². The highest BCUT2D eigenvalue weighted by molar-refractivity contribution is 8.00. The summed E-state index contributed by atoms with van der Waals surface area (Å²) < 4.78 is 26.6. The monoisotopic (exact) mass is 350 g/mol. The summed E-state index contributed by atoms with van der Waals surface area (Å²) in [5, 5.41) is 2.42. The van der Waals surface area contributed by atoms with Gasteiger partial charge in [-0.1, -0.05) is 12.1 Å². The lowest BCUT2D eigenvalue weighted by atomic mass is 10.2. The van der Waals surface area contributed by atoms with Gasteiger partial charge in [-0.15, -0.1) is 11.8 Å². The number of carbonyl (C=O) groups is 2. The van der Waals surface area contributed by atoms with Crippen LogP contribution in [0.25, 0.3) is 0 Å².